The molecule has 1 aromatic carbocycles. The lowest BCUT2D eigenvalue weighted by molar-refractivity contribution is 0.222. The highest BCUT2D eigenvalue weighted by Crippen LogP contribution is 2.59. The van der Waals surface area contributed by atoms with Crippen LogP contribution in [0.25, 0.3) is 0 Å². The summed E-state index contributed by atoms with van der Waals surface area (Å²) in [6, 6.07) is 8.46. The number of halogens is 1. The topological polar surface area (TPSA) is 47.4 Å². The molecule has 1 unspecified atom stereocenters. The molecular formula is C18H18FN3O2. The van der Waals surface area contributed by atoms with Gasteiger partial charge in [-0.25, -0.2) is 9.18 Å². The van der Waals surface area contributed by atoms with Gasteiger partial charge in [-0.2, -0.15) is 4.98 Å². The highest BCUT2D eigenvalue weighted by Gasteiger charge is 2.63. The molecule has 124 valence electrons. The molecule has 3 aliphatic heterocycles. The van der Waals surface area contributed by atoms with Crippen molar-refractivity contribution < 1.29 is 9.13 Å². The summed E-state index contributed by atoms with van der Waals surface area (Å²) < 4.78 is 20.4. The van der Waals surface area contributed by atoms with Crippen LogP contribution in [0.3, 0.4) is 0 Å². The molecule has 2 bridgehead atoms. The van der Waals surface area contributed by atoms with Crippen LogP contribution in [-0.2, 0) is 13.2 Å². The van der Waals surface area contributed by atoms with E-state index < -0.39 is 0 Å². The van der Waals surface area contributed by atoms with Crippen molar-refractivity contribution in [3.05, 3.63) is 52.2 Å². The summed E-state index contributed by atoms with van der Waals surface area (Å²) >= 11 is 0. The molecule has 6 heteroatoms. The summed E-state index contributed by atoms with van der Waals surface area (Å²) in [4.78, 5) is 18.8. The van der Waals surface area contributed by atoms with Gasteiger partial charge in [-0.1, -0.05) is 12.1 Å². The maximum Gasteiger partial charge on any atom is 0.352 e. The number of rotatable bonds is 3. The average Bonchev–Trinajstić information content (AvgIpc) is 3.10. The Balaban J connectivity index is 1.43. The fourth-order valence-electron chi connectivity index (χ4n) is 4.68. The van der Waals surface area contributed by atoms with Crippen LogP contribution < -0.4 is 15.3 Å². The van der Waals surface area contributed by atoms with Crippen molar-refractivity contribution in [2.75, 3.05) is 4.90 Å². The van der Waals surface area contributed by atoms with E-state index in [-0.39, 0.29) is 23.7 Å². The molecule has 3 fully saturated rings. The molecule has 4 aliphatic rings. The fraction of sp³-hybridized carbons (Fsp3) is 0.444. The van der Waals surface area contributed by atoms with E-state index in [0.29, 0.717) is 11.9 Å². The van der Waals surface area contributed by atoms with E-state index in [2.05, 4.69) is 16.8 Å². The van der Waals surface area contributed by atoms with Crippen molar-refractivity contribution in [2.45, 2.75) is 44.5 Å². The average molecular weight is 327 g/mol. The van der Waals surface area contributed by atoms with Gasteiger partial charge in [0.05, 0.1) is 12.1 Å². The maximum absolute atomic E-state index is 13.0. The zero-order valence-corrected chi connectivity index (χ0v) is 13.4. The zero-order chi connectivity index (χ0) is 16.5. The van der Waals surface area contributed by atoms with Gasteiger partial charge in [0, 0.05) is 12.1 Å². The van der Waals surface area contributed by atoms with Crippen molar-refractivity contribution in [1.82, 2.24) is 9.55 Å². The van der Waals surface area contributed by atoms with Crippen molar-refractivity contribution in [1.29, 1.82) is 0 Å². The first-order valence-electron chi connectivity index (χ1n) is 8.34. The van der Waals surface area contributed by atoms with E-state index in [9.17, 15) is 9.18 Å². The fourth-order valence-corrected chi connectivity index (χ4v) is 4.68. The Bertz CT molecular complexity index is 871. The minimum Gasteiger partial charge on any atom is -0.473 e. The number of ether oxygens (including phenoxy) is 1. The van der Waals surface area contributed by atoms with E-state index >= 15 is 0 Å². The molecule has 1 aromatic heterocycles. The van der Waals surface area contributed by atoms with Crippen molar-refractivity contribution in [2.24, 2.45) is 5.92 Å². The van der Waals surface area contributed by atoms with E-state index in [1.54, 1.807) is 16.7 Å². The first kappa shape index (κ1) is 14.0. The third-order valence-electron chi connectivity index (χ3n) is 5.85. The second-order valence-electron chi connectivity index (χ2n) is 7.24. The Hall–Kier alpha value is -2.37. The largest absolute Gasteiger partial charge is 0.473 e. The maximum atomic E-state index is 13.0. The number of anilines is 1. The highest BCUT2D eigenvalue weighted by molar-refractivity contribution is 5.55. The van der Waals surface area contributed by atoms with Crippen molar-refractivity contribution in [3.63, 3.8) is 0 Å². The van der Waals surface area contributed by atoms with Crippen LogP contribution in [0, 0.1) is 11.7 Å². The molecule has 2 aromatic rings. The van der Waals surface area contributed by atoms with Gasteiger partial charge in [-0.15, -0.1) is 0 Å². The third-order valence-corrected chi connectivity index (χ3v) is 5.85. The molecule has 0 radical (unpaired) electrons. The van der Waals surface area contributed by atoms with E-state index in [4.69, 9.17) is 4.74 Å². The molecule has 1 aliphatic carbocycles. The predicted octanol–water partition coefficient (Wildman–Crippen LogP) is 2.33. The summed E-state index contributed by atoms with van der Waals surface area (Å²) in [7, 11) is 0. The highest BCUT2D eigenvalue weighted by atomic mass is 19.1. The van der Waals surface area contributed by atoms with Gasteiger partial charge in [-0.05, 0) is 43.4 Å². The SMILES string of the molecule is CC1C2CC3(C2)Cn2c(cc(OCc4ccc(F)cc4)nc2=O)N13. The molecule has 1 saturated carbocycles. The van der Waals surface area contributed by atoms with Crippen LogP contribution in [-0.4, -0.2) is 21.1 Å². The summed E-state index contributed by atoms with van der Waals surface area (Å²) in [5.41, 5.74) is 0.723. The zero-order valence-electron chi connectivity index (χ0n) is 13.4. The predicted molar refractivity (Wildman–Crippen MR) is 86.6 cm³/mol. The lowest BCUT2D eigenvalue weighted by Gasteiger charge is -2.36. The molecule has 1 spiro atoms. The van der Waals surface area contributed by atoms with Gasteiger partial charge in [0.15, 0.2) is 0 Å². The lowest BCUT2D eigenvalue weighted by Crippen LogP contribution is -2.45. The Labute approximate surface area is 138 Å². The summed E-state index contributed by atoms with van der Waals surface area (Å²) in [6.07, 6.45) is 2.34. The van der Waals surface area contributed by atoms with Gasteiger partial charge in [0.2, 0.25) is 5.88 Å². The molecule has 6 rings (SSSR count). The van der Waals surface area contributed by atoms with Crippen LogP contribution in [0.15, 0.2) is 35.1 Å². The van der Waals surface area contributed by atoms with Gasteiger partial charge in [-0.3, -0.25) is 4.57 Å². The Morgan fingerprint density at radius 1 is 1.33 bits per heavy atom. The number of hydrogen-bond acceptors (Lipinski definition) is 4. The monoisotopic (exact) mass is 327 g/mol. The number of fused-ring (bicyclic) bond motifs is 1. The standard InChI is InChI=1S/C18H18FN3O2/c1-11-13-7-18(8-13)10-21-16(22(11)18)6-15(20-17(21)23)24-9-12-2-4-14(19)5-3-12/h2-6,11,13H,7-10H2,1H3. The normalized spacial score (nSPS) is 29.2. The number of benzene rings is 1. The van der Waals surface area contributed by atoms with Gasteiger partial charge in [0.25, 0.3) is 0 Å². The first-order chi connectivity index (χ1) is 11.6. The number of hydrogen-bond donors (Lipinski definition) is 0. The summed E-state index contributed by atoms with van der Waals surface area (Å²) in [6.45, 7) is 3.24. The van der Waals surface area contributed by atoms with E-state index in [1.165, 1.54) is 25.0 Å². The summed E-state index contributed by atoms with van der Waals surface area (Å²) in [5.74, 6) is 1.73. The van der Waals surface area contributed by atoms with Crippen molar-refractivity contribution in [3.8, 4) is 5.88 Å². The van der Waals surface area contributed by atoms with Crippen molar-refractivity contribution >= 4 is 5.82 Å². The van der Waals surface area contributed by atoms with Crippen LogP contribution in [0.5, 0.6) is 5.88 Å². The Kier molecular flexibility index (Phi) is 2.68. The molecule has 24 heavy (non-hydrogen) atoms. The van der Waals surface area contributed by atoms with Gasteiger partial charge < -0.3 is 9.64 Å². The van der Waals surface area contributed by atoms with Crippen LogP contribution in [0.1, 0.15) is 25.3 Å². The molecule has 5 nitrogen and oxygen atoms in total. The van der Waals surface area contributed by atoms with Crippen LogP contribution in [0.2, 0.25) is 0 Å². The number of nitrogens with zero attached hydrogens (tertiary/aromatic N) is 3. The van der Waals surface area contributed by atoms with Crippen LogP contribution in [0.4, 0.5) is 10.2 Å². The number of aromatic nitrogens is 2. The van der Waals surface area contributed by atoms with Gasteiger partial charge >= 0.3 is 5.69 Å². The molecule has 0 N–H and O–H groups in total. The molecule has 1 atom stereocenters. The summed E-state index contributed by atoms with van der Waals surface area (Å²) in [5, 5.41) is 0. The lowest BCUT2D eigenvalue weighted by atomic mass is 9.72. The molecule has 4 heterocycles. The second-order valence-corrected chi connectivity index (χ2v) is 7.24. The Morgan fingerprint density at radius 2 is 2.08 bits per heavy atom. The molecule has 2 saturated heterocycles. The van der Waals surface area contributed by atoms with E-state index in [1.807, 2.05) is 6.07 Å². The van der Waals surface area contributed by atoms with Gasteiger partial charge in [0.1, 0.15) is 18.2 Å². The minimum absolute atomic E-state index is 0.132. The smallest absolute Gasteiger partial charge is 0.352 e. The quantitative estimate of drug-likeness (QED) is 0.868. The Morgan fingerprint density at radius 3 is 2.83 bits per heavy atom. The van der Waals surface area contributed by atoms with E-state index in [0.717, 1.165) is 23.8 Å². The molecular weight excluding hydrogens is 309 g/mol. The second kappa shape index (κ2) is 4.59. The third kappa shape index (κ3) is 1.79. The first-order valence-corrected chi connectivity index (χ1v) is 8.34. The minimum atomic E-state index is -0.278. The molecule has 0 amide bonds. The van der Waals surface area contributed by atoms with Crippen LogP contribution >= 0.6 is 0 Å².